The van der Waals surface area contributed by atoms with E-state index in [9.17, 15) is 14.0 Å². The molecule has 2 aliphatic rings. The summed E-state index contributed by atoms with van der Waals surface area (Å²) in [5.41, 5.74) is 3.28. The number of amides is 3. The molecule has 0 spiro atoms. The Labute approximate surface area is 188 Å². The number of anilines is 2. The van der Waals surface area contributed by atoms with E-state index in [0.717, 1.165) is 55.5 Å². The van der Waals surface area contributed by atoms with Crippen LogP contribution in [0.15, 0.2) is 42.5 Å². The molecular weight excluding hydrogens is 407 g/mol. The highest BCUT2D eigenvalue weighted by Gasteiger charge is 2.25. The van der Waals surface area contributed by atoms with Gasteiger partial charge in [0.15, 0.2) is 0 Å². The molecule has 1 aliphatic carbocycles. The predicted molar refractivity (Wildman–Crippen MR) is 124 cm³/mol. The summed E-state index contributed by atoms with van der Waals surface area (Å²) in [4.78, 5) is 26.6. The lowest BCUT2D eigenvalue weighted by molar-refractivity contribution is -0.122. The van der Waals surface area contributed by atoms with Gasteiger partial charge in [0.05, 0.1) is 5.69 Å². The highest BCUT2D eigenvalue weighted by Crippen LogP contribution is 2.28. The van der Waals surface area contributed by atoms with Crippen LogP contribution in [-0.4, -0.2) is 31.1 Å². The molecule has 32 heavy (non-hydrogen) atoms. The molecule has 170 valence electrons. The summed E-state index contributed by atoms with van der Waals surface area (Å²) in [5.74, 6) is -0.0260. The van der Waals surface area contributed by atoms with E-state index in [1.807, 2.05) is 42.2 Å². The predicted octanol–water partition coefficient (Wildman–Crippen LogP) is 4.34. The van der Waals surface area contributed by atoms with Crippen molar-refractivity contribution in [3.8, 4) is 0 Å². The second kappa shape index (κ2) is 10.0. The summed E-state index contributed by atoms with van der Waals surface area (Å²) in [6.07, 6.45) is 4.79. The minimum Gasteiger partial charge on any atom is -0.367 e. The lowest BCUT2D eigenvalue weighted by Gasteiger charge is -2.35. The largest absolute Gasteiger partial charge is 0.367 e. The molecule has 1 atom stereocenters. The van der Waals surface area contributed by atoms with Crippen molar-refractivity contribution in [1.82, 2.24) is 10.6 Å². The standard InChI is InChI=1S/C25H31FN4O2/c1-17-10-11-22(26)23(13-17)30-12-4-9-21(16-30)29-25(32)27-15-18-5-2-8-20(14-18)28-24(31)19-6-3-7-19/h2,5,8,10-11,13-14,19,21H,3-4,6-7,9,12,15-16H2,1H3,(H,28,31)(H2,27,29,32). The van der Waals surface area contributed by atoms with Crippen molar-refractivity contribution in [3.63, 3.8) is 0 Å². The molecule has 2 fully saturated rings. The van der Waals surface area contributed by atoms with Crippen molar-refractivity contribution in [2.24, 2.45) is 5.92 Å². The number of carbonyl (C=O) groups is 2. The zero-order chi connectivity index (χ0) is 22.5. The number of piperidine rings is 1. The molecule has 4 rings (SSSR count). The van der Waals surface area contributed by atoms with Crippen molar-refractivity contribution in [2.75, 3.05) is 23.3 Å². The first-order chi connectivity index (χ1) is 15.5. The number of nitrogens with zero attached hydrogens (tertiary/aromatic N) is 1. The van der Waals surface area contributed by atoms with Gasteiger partial charge < -0.3 is 20.9 Å². The molecule has 3 N–H and O–H groups in total. The maximum Gasteiger partial charge on any atom is 0.315 e. The zero-order valence-electron chi connectivity index (χ0n) is 18.5. The lowest BCUT2D eigenvalue weighted by atomic mass is 9.85. The second-order valence-electron chi connectivity index (χ2n) is 8.88. The lowest BCUT2D eigenvalue weighted by Crippen LogP contribution is -2.50. The fraction of sp³-hybridized carbons (Fsp3) is 0.440. The summed E-state index contributed by atoms with van der Waals surface area (Å²) in [7, 11) is 0. The van der Waals surface area contributed by atoms with Crippen LogP contribution < -0.4 is 20.9 Å². The first-order valence-electron chi connectivity index (χ1n) is 11.4. The molecule has 1 heterocycles. The van der Waals surface area contributed by atoms with Crippen LogP contribution >= 0.6 is 0 Å². The number of benzene rings is 2. The summed E-state index contributed by atoms with van der Waals surface area (Å²) >= 11 is 0. The number of hydrogen-bond acceptors (Lipinski definition) is 3. The van der Waals surface area contributed by atoms with Gasteiger partial charge in [-0.15, -0.1) is 0 Å². The number of hydrogen-bond donors (Lipinski definition) is 3. The molecule has 1 unspecified atom stereocenters. The molecule has 7 heteroatoms. The molecule has 1 saturated heterocycles. The Bertz CT molecular complexity index is 976. The Morgan fingerprint density at radius 3 is 2.72 bits per heavy atom. The van der Waals surface area contributed by atoms with Crippen LogP contribution in [0.3, 0.4) is 0 Å². The van der Waals surface area contributed by atoms with Crippen molar-refractivity contribution >= 4 is 23.3 Å². The quantitative estimate of drug-likeness (QED) is 0.628. The fourth-order valence-electron chi connectivity index (χ4n) is 4.27. The average Bonchev–Trinajstić information content (AvgIpc) is 2.73. The summed E-state index contributed by atoms with van der Waals surface area (Å²) in [5, 5.41) is 8.87. The van der Waals surface area contributed by atoms with Crippen molar-refractivity contribution in [3.05, 3.63) is 59.4 Å². The van der Waals surface area contributed by atoms with Crippen molar-refractivity contribution in [2.45, 2.75) is 51.6 Å². The van der Waals surface area contributed by atoms with E-state index in [4.69, 9.17) is 0 Å². The van der Waals surface area contributed by atoms with E-state index >= 15 is 0 Å². The normalized spacial score (nSPS) is 18.6. The Morgan fingerprint density at radius 1 is 1.09 bits per heavy atom. The molecule has 0 aromatic heterocycles. The Kier molecular flexibility index (Phi) is 6.93. The van der Waals surface area contributed by atoms with E-state index in [-0.39, 0.29) is 29.7 Å². The van der Waals surface area contributed by atoms with Crippen LogP contribution in [0.2, 0.25) is 0 Å². The molecule has 0 bridgehead atoms. The SMILES string of the molecule is Cc1ccc(F)c(N2CCCC(NC(=O)NCc3cccc(NC(=O)C4CCC4)c3)C2)c1. The molecule has 2 aromatic rings. The minimum atomic E-state index is -0.245. The maximum absolute atomic E-state index is 14.3. The summed E-state index contributed by atoms with van der Waals surface area (Å²) in [6.45, 7) is 3.67. The number of rotatable bonds is 6. The van der Waals surface area contributed by atoms with Crippen molar-refractivity contribution in [1.29, 1.82) is 0 Å². The molecular formula is C25H31FN4O2. The molecule has 6 nitrogen and oxygen atoms in total. The van der Waals surface area contributed by atoms with E-state index in [2.05, 4.69) is 16.0 Å². The molecule has 1 aliphatic heterocycles. The van der Waals surface area contributed by atoms with Gasteiger partial charge in [-0.2, -0.15) is 0 Å². The first-order valence-corrected chi connectivity index (χ1v) is 11.4. The summed E-state index contributed by atoms with van der Waals surface area (Å²) < 4.78 is 14.3. The Morgan fingerprint density at radius 2 is 1.94 bits per heavy atom. The van der Waals surface area contributed by atoms with Crippen LogP contribution in [0.1, 0.15) is 43.2 Å². The van der Waals surface area contributed by atoms with Gasteiger partial charge in [0, 0.05) is 37.3 Å². The van der Waals surface area contributed by atoms with Gasteiger partial charge in [-0.1, -0.05) is 24.6 Å². The second-order valence-corrected chi connectivity index (χ2v) is 8.88. The van der Waals surface area contributed by atoms with Crippen LogP contribution in [0.5, 0.6) is 0 Å². The number of urea groups is 1. The first kappa shape index (κ1) is 22.1. The van der Waals surface area contributed by atoms with Gasteiger partial charge in [-0.05, 0) is 68.0 Å². The van der Waals surface area contributed by atoms with E-state index in [1.54, 1.807) is 6.07 Å². The monoisotopic (exact) mass is 438 g/mol. The molecule has 2 aromatic carbocycles. The smallest absolute Gasteiger partial charge is 0.315 e. The third-order valence-electron chi connectivity index (χ3n) is 6.32. The third-order valence-corrected chi connectivity index (χ3v) is 6.32. The van der Waals surface area contributed by atoms with Crippen LogP contribution in [0.4, 0.5) is 20.6 Å². The van der Waals surface area contributed by atoms with Gasteiger partial charge in [-0.25, -0.2) is 9.18 Å². The van der Waals surface area contributed by atoms with Crippen LogP contribution in [0.25, 0.3) is 0 Å². The topological polar surface area (TPSA) is 73.5 Å². The zero-order valence-corrected chi connectivity index (χ0v) is 18.5. The highest BCUT2D eigenvalue weighted by atomic mass is 19.1. The third kappa shape index (κ3) is 5.58. The van der Waals surface area contributed by atoms with E-state index < -0.39 is 0 Å². The van der Waals surface area contributed by atoms with Gasteiger partial charge in [0.2, 0.25) is 5.91 Å². The van der Waals surface area contributed by atoms with Gasteiger partial charge in [0.25, 0.3) is 0 Å². The Hall–Kier alpha value is -3.09. The minimum absolute atomic E-state index is 0.0447. The molecule has 1 saturated carbocycles. The Balaban J connectivity index is 1.27. The average molecular weight is 439 g/mol. The van der Waals surface area contributed by atoms with Crippen LogP contribution in [-0.2, 0) is 11.3 Å². The fourth-order valence-corrected chi connectivity index (χ4v) is 4.27. The van der Waals surface area contributed by atoms with Gasteiger partial charge >= 0.3 is 6.03 Å². The van der Waals surface area contributed by atoms with E-state index in [1.165, 1.54) is 6.07 Å². The van der Waals surface area contributed by atoms with E-state index in [0.29, 0.717) is 18.8 Å². The molecule has 0 radical (unpaired) electrons. The number of aryl methyl sites for hydroxylation is 1. The van der Waals surface area contributed by atoms with Gasteiger partial charge in [0.1, 0.15) is 5.82 Å². The molecule has 3 amide bonds. The number of carbonyl (C=O) groups excluding carboxylic acids is 2. The maximum atomic E-state index is 14.3. The highest BCUT2D eigenvalue weighted by molar-refractivity contribution is 5.93. The van der Waals surface area contributed by atoms with Crippen molar-refractivity contribution < 1.29 is 14.0 Å². The number of nitrogens with one attached hydrogen (secondary N) is 3. The van der Waals surface area contributed by atoms with Crippen LogP contribution in [0, 0.1) is 18.7 Å². The van der Waals surface area contributed by atoms with Gasteiger partial charge in [-0.3, -0.25) is 4.79 Å². The number of halogens is 1. The summed E-state index contributed by atoms with van der Waals surface area (Å²) in [6, 6.07) is 12.4.